The van der Waals surface area contributed by atoms with Crippen LogP contribution in [0.2, 0.25) is 0 Å². The number of hydrogen-bond acceptors (Lipinski definition) is 4. The monoisotopic (exact) mass is 560 g/mol. The lowest BCUT2D eigenvalue weighted by Gasteiger charge is -2.36. The Bertz CT molecular complexity index is 685. The molecule has 0 spiro atoms. The third-order valence-corrected chi connectivity index (χ3v) is 6.41. The summed E-state index contributed by atoms with van der Waals surface area (Å²) >= 11 is 0. The van der Waals surface area contributed by atoms with Crippen LogP contribution in [0.5, 0.6) is 0 Å². The first-order valence-corrected chi connectivity index (χ1v) is 12.1. The summed E-state index contributed by atoms with van der Waals surface area (Å²) in [7, 11) is 0. The number of aliphatic imine (C=N–C) groups is 1. The van der Waals surface area contributed by atoms with Crippen LogP contribution in [0, 0.1) is 5.82 Å². The van der Waals surface area contributed by atoms with Gasteiger partial charge in [-0.3, -0.25) is 9.89 Å². The average molecular weight is 561 g/mol. The zero-order valence-corrected chi connectivity index (χ0v) is 22.4. The van der Waals surface area contributed by atoms with E-state index in [0.717, 1.165) is 77.0 Å². The van der Waals surface area contributed by atoms with Crippen molar-refractivity contribution in [1.82, 2.24) is 20.4 Å². The van der Waals surface area contributed by atoms with Gasteiger partial charge in [-0.1, -0.05) is 12.1 Å². The van der Waals surface area contributed by atoms with Crippen LogP contribution in [0.25, 0.3) is 0 Å². The molecule has 1 aromatic rings. The first kappa shape index (κ1) is 27.1. The molecule has 0 bridgehead atoms. The topological polar surface area (TPSA) is 46.1 Å². The Morgan fingerprint density at radius 2 is 1.78 bits per heavy atom. The first-order chi connectivity index (χ1) is 15.1. The number of nitrogens with zero attached hydrogens (tertiary/aromatic N) is 4. The number of anilines is 1. The molecule has 1 aromatic carbocycles. The van der Waals surface area contributed by atoms with E-state index in [1.807, 2.05) is 12.1 Å². The molecule has 182 valence electrons. The highest BCUT2D eigenvalue weighted by molar-refractivity contribution is 14.0. The largest absolute Gasteiger partial charge is 0.367 e. The van der Waals surface area contributed by atoms with Gasteiger partial charge in [0, 0.05) is 71.0 Å². The molecular formula is C24H42FIN6. The second-order valence-electron chi connectivity index (χ2n) is 8.94. The van der Waals surface area contributed by atoms with Crippen LogP contribution in [0.1, 0.15) is 40.0 Å². The SMILES string of the molecule is CCNC(=NCCCN1CCN(c2ccccc2F)CC1)NC1CCN(C(C)C)CC1.I. The quantitative estimate of drug-likeness (QED) is 0.221. The maximum Gasteiger partial charge on any atom is 0.191 e. The molecule has 2 aliphatic heterocycles. The molecule has 2 heterocycles. The van der Waals surface area contributed by atoms with Crippen molar-refractivity contribution in [2.75, 3.05) is 63.8 Å². The minimum Gasteiger partial charge on any atom is -0.367 e. The van der Waals surface area contributed by atoms with Gasteiger partial charge in [0.05, 0.1) is 5.69 Å². The molecule has 0 aliphatic carbocycles. The van der Waals surface area contributed by atoms with E-state index in [9.17, 15) is 4.39 Å². The smallest absolute Gasteiger partial charge is 0.191 e. The lowest BCUT2D eigenvalue weighted by atomic mass is 10.0. The van der Waals surface area contributed by atoms with Crippen molar-refractivity contribution in [3.8, 4) is 0 Å². The summed E-state index contributed by atoms with van der Waals surface area (Å²) in [6.07, 6.45) is 3.39. The van der Waals surface area contributed by atoms with Crippen molar-refractivity contribution >= 4 is 35.6 Å². The fourth-order valence-electron chi connectivity index (χ4n) is 4.48. The first-order valence-electron chi connectivity index (χ1n) is 12.1. The molecule has 3 rings (SSSR count). The van der Waals surface area contributed by atoms with Crippen LogP contribution >= 0.6 is 24.0 Å². The van der Waals surface area contributed by atoms with E-state index in [1.165, 1.54) is 12.8 Å². The van der Waals surface area contributed by atoms with Crippen LogP contribution in [-0.2, 0) is 0 Å². The van der Waals surface area contributed by atoms with Crippen LogP contribution in [0.4, 0.5) is 10.1 Å². The van der Waals surface area contributed by atoms with Gasteiger partial charge in [-0.05, 0) is 52.2 Å². The van der Waals surface area contributed by atoms with Gasteiger partial charge in [0.25, 0.3) is 0 Å². The number of rotatable bonds is 8. The summed E-state index contributed by atoms with van der Waals surface area (Å²) < 4.78 is 14.0. The molecule has 32 heavy (non-hydrogen) atoms. The Morgan fingerprint density at radius 1 is 1.09 bits per heavy atom. The van der Waals surface area contributed by atoms with E-state index >= 15 is 0 Å². The predicted molar refractivity (Wildman–Crippen MR) is 144 cm³/mol. The zero-order chi connectivity index (χ0) is 22.1. The second-order valence-corrected chi connectivity index (χ2v) is 8.94. The lowest BCUT2D eigenvalue weighted by Crippen LogP contribution is -2.50. The molecule has 0 atom stereocenters. The fourth-order valence-corrected chi connectivity index (χ4v) is 4.48. The van der Waals surface area contributed by atoms with Crippen molar-refractivity contribution in [3.05, 3.63) is 30.1 Å². The number of likely N-dealkylation sites (tertiary alicyclic amines) is 1. The van der Waals surface area contributed by atoms with Crippen LogP contribution in [-0.4, -0.2) is 86.7 Å². The summed E-state index contributed by atoms with van der Waals surface area (Å²) in [6, 6.07) is 8.23. The number of piperidine rings is 1. The zero-order valence-electron chi connectivity index (χ0n) is 20.0. The van der Waals surface area contributed by atoms with E-state index in [2.05, 4.69) is 46.1 Å². The van der Waals surface area contributed by atoms with Crippen molar-refractivity contribution in [1.29, 1.82) is 0 Å². The minimum absolute atomic E-state index is 0. The maximum atomic E-state index is 14.0. The molecule has 2 aliphatic rings. The predicted octanol–water partition coefficient (Wildman–Crippen LogP) is 3.38. The summed E-state index contributed by atoms with van der Waals surface area (Å²) in [4.78, 5) is 12.0. The van der Waals surface area contributed by atoms with Crippen molar-refractivity contribution < 1.29 is 4.39 Å². The highest BCUT2D eigenvalue weighted by atomic mass is 127. The molecule has 0 radical (unpaired) electrons. The molecule has 2 saturated heterocycles. The number of guanidine groups is 1. The standard InChI is InChI=1S/C24H41FN6.HI/c1-4-26-24(28-21-10-14-30(15-11-21)20(2)3)27-12-7-13-29-16-18-31(19-17-29)23-9-6-5-8-22(23)25;/h5-6,8-9,20-21H,4,7,10-19H2,1-3H3,(H2,26,27,28);1H. The van der Waals surface area contributed by atoms with Gasteiger partial charge in [0.2, 0.25) is 0 Å². The number of nitrogens with one attached hydrogen (secondary N) is 2. The number of halogens is 2. The van der Waals surface area contributed by atoms with Gasteiger partial charge in [-0.15, -0.1) is 24.0 Å². The third kappa shape index (κ3) is 8.33. The molecular weight excluding hydrogens is 518 g/mol. The molecule has 0 saturated carbocycles. The average Bonchev–Trinajstić information content (AvgIpc) is 2.78. The van der Waals surface area contributed by atoms with E-state index in [4.69, 9.17) is 4.99 Å². The molecule has 2 N–H and O–H groups in total. The van der Waals surface area contributed by atoms with Crippen molar-refractivity contribution in [2.45, 2.75) is 52.1 Å². The van der Waals surface area contributed by atoms with E-state index in [-0.39, 0.29) is 29.8 Å². The van der Waals surface area contributed by atoms with Crippen LogP contribution in [0.15, 0.2) is 29.3 Å². The highest BCUT2D eigenvalue weighted by Gasteiger charge is 2.21. The minimum atomic E-state index is -0.122. The van der Waals surface area contributed by atoms with Gasteiger partial charge < -0.3 is 20.4 Å². The van der Waals surface area contributed by atoms with Crippen LogP contribution < -0.4 is 15.5 Å². The second kappa shape index (κ2) is 14.2. The van der Waals surface area contributed by atoms with Gasteiger partial charge in [-0.25, -0.2) is 4.39 Å². The van der Waals surface area contributed by atoms with Gasteiger partial charge >= 0.3 is 0 Å². The van der Waals surface area contributed by atoms with Gasteiger partial charge in [0.15, 0.2) is 5.96 Å². The molecule has 6 nitrogen and oxygen atoms in total. The summed E-state index contributed by atoms with van der Waals surface area (Å²) in [6.45, 7) is 15.5. The fraction of sp³-hybridized carbons (Fsp3) is 0.708. The Kier molecular flexibility index (Phi) is 12.0. The summed E-state index contributed by atoms with van der Waals surface area (Å²) in [5.74, 6) is 0.832. The third-order valence-electron chi connectivity index (χ3n) is 6.41. The van der Waals surface area contributed by atoms with Gasteiger partial charge in [-0.2, -0.15) is 0 Å². The number of para-hydroxylation sites is 1. The van der Waals surface area contributed by atoms with E-state index in [1.54, 1.807) is 12.1 Å². The number of benzene rings is 1. The normalized spacial score (nSPS) is 19.2. The Balaban J connectivity index is 0.00000363. The van der Waals surface area contributed by atoms with Gasteiger partial charge in [0.1, 0.15) is 5.82 Å². The molecule has 2 fully saturated rings. The number of piperazine rings is 1. The summed E-state index contributed by atoms with van der Waals surface area (Å²) in [5, 5.41) is 7.04. The number of hydrogen-bond donors (Lipinski definition) is 2. The summed E-state index contributed by atoms with van der Waals surface area (Å²) in [5.41, 5.74) is 0.729. The van der Waals surface area contributed by atoms with E-state index < -0.39 is 0 Å². The van der Waals surface area contributed by atoms with Crippen molar-refractivity contribution in [3.63, 3.8) is 0 Å². The molecule has 0 amide bonds. The maximum absolute atomic E-state index is 14.0. The molecule has 0 aromatic heterocycles. The Labute approximate surface area is 211 Å². The highest BCUT2D eigenvalue weighted by Crippen LogP contribution is 2.20. The lowest BCUT2D eigenvalue weighted by molar-refractivity contribution is 0.167. The van der Waals surface area contributed by atoms with Crippen LogP contribution in [0.3, 0.4) is 0 Å². The Hall–Kier alpha value is -1.13. The molecule has 0 unspecified atom stereocenters. The van der Waals surface area contributed by atoms with E-state index in [0.29, 0.717) is 12.1 Å². The Morgan fingerprint density at radius 3 is 2.41 bits per heavy atom. The van der Waals surface area contributed by atoms with Crippen molar-refractivity contribution in [2.24, 2.45) is 4.99 Å². The molecule has 8 heteroatoms.